The molecule has 174 valence electrons. The number of hydrogen-bond acceptors (Lipinski definition) is 6. The summed E-state index contributed by atoms with van der Waals surface area (Å²) in [5, 5.41) is 20.8. The fourth-order valence-electron chi connectivity index (χ4n) is 4.37. The maximum Gasteiger partial charge on any atom is 0.226 e. The Labute approximate surface area is 205 Å². The van der Waals surface area contributed by atoms with Crippen LogP contribution in [0.15, 0.2) is 67.0 Å². The summed E-state index contributed by atoms with van der Waals surface area (Å²) in [5.74, 6) is 1.75. The van der Waals surface area contributed by atoms with E-state index in [2.05, 4.69) is 20.6 Å². The number of carbonyl (C=O) groups excluding carboxylic acids is 1. The van der Waals surface area contributed by atoms with E-state index in [0.717, 1.165) is 28.1 Å². The maximum absolute atomic E-state index is 12.7. The van der Waals surface area contributed by atoms with Gasteiger partial charge in [-0.2, -0.15) is 14.3 Å². The van der Waals surface area contributed by atoms with Crippen molar-refractivity contribution in [1.29, 1.82) is 0 Å². The molecule has 2 aromatic carbocycles. The molecule has 35 heavy (non-hydrogen) atoms. The fraction of sp³-hybridized carbons (Fsp3) is 0.160. The van der Waals surface area contributed by atoms with Crippen LogP contribution in [0.5, 0.6) is 5.75 Å². The lowest BCUT2D eigenvalue weighted by Crippen LogP contribution is -2.25. The Morgan fingerprint density at radius 1 is 1.06 bits per heavy atom. The molecule has 1 aliphatic rings. The van der Waals surface area contributed by atoms with Gasteiger partial charge in [0.05, 0.1) is 5.69 Å². The summed E-state index contributed by atoms with van der Waals surface area (Å²) in [6.45, 7) is 2.39. The van der Waals surface area contributed by atoms with Gasteiger partial charge in [0.2, 0.25) is 5.91 Å². The van der Waals surface area contributed by atoms with Crippen molar-refractivity contribution in [3.05, 3.63) is 94.4 Å². The lowest BCUT2D eigenvalue weighted by Gasteiger charge is -2.24. The second-order valence-corrected chi connectivity index (χ2v) is 8.81. The molecule has 3 aromatic heterocycles. The number of aromatic nitrogens is 6. The number of amides is 1. The number of halogens is 1. The monoisotopic (exact) mass is 485 g/mol. The highest BCUT2D eigenvalue weighted by molar-refractivity contribution is 6.30. The minimum Gasteiger partial charge on any atom is -0.489 e. The first kappa shape index (κ1) is 21.3. The predicted molar refractivity (Wildman–Crippen MR) is 130 cm³/mol. The topological polar surface area (TPSA) is 99.2 Å². The van der Waals surface area contributed by atoms with Crippen molar-refractivity contribution in [2.24, 2.45) is 0 Å². The third-order valence-corrected chi connectivity index (χ3v) is 6.32. The molecule has 9 nitrogen and oxygen atoms in total. The summed E-state index contributed by atoms with van der Waals surface area (Å²) >= 11 is 5.95. The number of aryl methyl sites for hydroxylation is 1. The van der Waals surface area contributed by atoms with E-state index in [1.807, 2.05) is 61.5 Å². The Balaban J connectivity index is 1.29. The minimum atomic E-state index is -0.128. The first-order valence-corrected chi connectivity index (χ1v) is 11.5. The van der Waals surface area contributed by atoms with Gasteiger partial charge in [-0.1, -0.05) is 35.9 Å². The number of anilines is 1. The molecule has 0 aliphatic carbocycles. The summed E-state index contributed by atoms with van der Waals surface area (Å²) in [6.07, 6.45) is 1.86. The third-order valence-electron chi connectivity index (χ3n) is 6.07. The van der Waals surface area contributed by atoms with Gasteiger partial charge in [0.25, 0.3) is 0 Å². The summed E-state index contributed by atoms with van der Waals surface area (Å²) < 4.78 is 9.16. The van der Waals surface area contributed by atoms with Gasteiger partial charge in [-0.05, 0) is 54.4 Å². The highest BCUT2D eigenvalue weighted by Crippen LogP contribution is 2.40. The van der Waals surface area contributed by atoms with Gasteiger partial charge in [-0.25, -0.2) is 0 Å². The Kier molecular flexibility index (Phi) is 5.18. The average molecular weight is 486 g/mol. The SMILES string of the molecule is Cc1nn(-c2ccc3nncn3n2)c2c1C(c1ccc(OCc3ccc(Cl)cc3)cc1)CC(=O)N2. The fourth-order valence-corrected chi connectivity index (χ4v) is 4.50. The van der Waals surface area contributed by atoms with Gasteiger partial charge >= 0.3 is 0 Å². The van der Waals surface area contributed by atoms with Crippen molar-refractivity contribution in [3.8, 4) is 11.6 Å². The van der Waals surface area contributed by atoms with Gasteiger partial charge < -0.3 is 10.1 Å². The zero-order valence-electron chi connectivity index (χ0n) is 18.7. The molecule has 0 saturated carbocycles. The molecule has 0 spiro atoms. The van der Waals surface area contributed by atoms with Crippen LogP contribution in [0.1, 0.15) is 34.7 Å². The minimum absolute atomic E-state index is 0.0721. The molecule has 1 unspecified atom stereocenters. The molecule has 1 aliphatic heterocycles. The van der Waals surface area contributed by atoms with Gasteiger partial charge in [0, 0.05) is 22.9 Å². The van der Waals surface area contributed by atoms with Crippen molar-refractivity contribution < 1.29 is 9.53 Å². The Hall–Kier alpha value is -4.24. The lowest BCUT2D eigenvalue weighted by molar-refractivity contribution is -0.116. The van der Waals surface area contributed by atoms with Crippen LogP contribution in [0.3, 0.4) is 0 Å². The molecule has 1 N–H and O–H groups in total. The zero-order chi connectivity index (χ0) is 23.9. The maximum atomic E-state index is 12.7. The Bertz CT molecular complexity index is 1540. The van der Waals surface area contributed by atoms with Gasteiger partial charge in [0.1, 0.15) is 24.5 Å². The first-order chi connectivity index (χ1) is 17.0. The average Bonchev–Trinajstić information content (AvgIpc) is 3.47. The van der Waals surface area contributed by atoms with Crippen molar-refractivity contribution in [3.63, 3.8) is 0 Å². The highest BCUT2D eigenvalue weighted by Gasteiger charge is 2.33. The normalized spacial score (nSPS) is 15.1. The number of hydrogen-bond donors (Lipinski definition) is 1. The van der Waals surface area contributed by atoms with Crippen molar-refractivity contribution in [2.75, 3.05) is 5.32 Å². The molecule has 5 aromatic rings. The second-order valence-electron chi connectivity index (χ2n) is 8.37. The van der Waals surface area contributed by atoms with Crippen LogP contribution in [0.25, 0.3) is 11.5 Å². The lowest BCUT2D eigenvalue weighted by atomic mass is 9.86. The first-order valence-electron chi connectivity index (χ1n) is 11.1. The Morgan fingerprint density at radius 2 is 1.86 bits per heavy atom. The van der Waals surface area contributed by atoms with E-state index in [-0.39, 0.29) is 11.8 Å². The number of benzene rings is 2. The van der Waals surface area contributed by atoms with E-state index in [1.165, 1.54) is 6.33 Å². The highest BCUT2D eigenvalue weighted by atomic mass is 35.5. The number of ether oxygens (including phenoxy) is 1. The molecule has 6 rings (SSSR count). The van der Waals surface area contributed by atoms with Crippen LogP contribution in [0, 0.1) is 6.92 Å². The molecule has 0 saturated heterocycles. The second kappa shape index (κ2) is 8.52. The third kappa shape index (κ3) is 4.00. The van der Waals surface area contributed by atoms with E-state index in [4.69, 9.17) is 21.4 Å². The van der Waals surface area contributed by atoms with Crippen molar-refractivity contribution >= 4 is 29.0 Å². The van der Waals surface area contributed by atoms with E-state index in [0.29, 0.717) is 35.3 Å². The van der Waals surface area contributed by atoms with Crippen molar-refractivity contribution in [1.82, 2.24) is 29.6 Å². The van der Waals surface area contributed by atoms with Gasteiger partial charge in [0.15, 0.2) is 11.5 Å². The quantitative estimate of drug-likeness (QED) is 0.398. The van der Waals surface area contributed by atoms with Crippen LogP contribution in [-0.2, 0) is 11.4 Å². The molecule has 0 radical (unpaired) electrons. The number of nitrogens with zero attached hydrogens (tertiary/aromatic N) is 6. The molecule has 0 bridgehead atoms. The zero-order valence-corrected chi connectivity index (χ0v) is 19.5. The summed E-state index contributed by atoms with van der Waals surface area (Å²) in [4.78, 5) is 12.7. The molecular weight excluding hydrogens is 466 g/mol. The number of nitrogens with one attached hydrogen (secondary N) is 1. The van der Waals surface area contributed by atoms with Crippen LogP contribution in [0.4, 0.5) is 5.82 Å². The summed E-state index contributed by atoms with van der Waals surface area (Å²) in [5.41, 5.74) is 4.49. The van der Waals surface area contributed by atoms with E-state index >= 15 is 0 Å². The van der Waals surface area contributed by atoms with Gasteiger partial charge in [-0.3, -0.25) is 4.79 Å². The summed E-state index contributed by atoms with van der Waals surface area (Å²) in [7, 11) is 0. The van der Waals surface area contributed by atoms with Crippen molar-refractivity contribution in [2.45, 2.75) is 25.9 Å². The standard InChI is InChI=1S/C25H20ClN7O2/c1-15-24-20(17-4-8-19(9-5-17)35-13-16-2-6-18(26)7-3-16)12-23(34)28-25(24)33(30-15)22-11-10-21-29-27-14-32(21)31-22/h2-11,14,20H,12-13H2,1H3,(H,28,34). The van der Waals surface area contributed by atoms with E-state index in [1.54, 1.807) is 15.3 Å². The number of rotatable bonds is 5. The molecule has 4 heterocycles. The van der Waals surface area contributed by atoms with Crippen LogP contribution in [-0.4, -0.2) is 35.5 Å². The van der Waals surface area contributed by atoms with E-state index in [9.17, 15) is 4.79 Å². The predicted octanol–water partition coefficient (Wildman–Crippen LogP) is 4.32. The molecule has 1 amide bonds. The molecular formula is C25H20ClN7O2. The Morgan fingerprint density at radius 3 is 2.66 bits per heavy atom. The largest absolute Gasteiger partial charge is 0.489 e. The number of carbonyl (C=O) groups is 1. The smallest absolute Gasteiger partial charge is 0.226 e. The van der Waals surface area contributed by atoms with Gasteiger partial charge in [-0.15, -0.1) is 15.3 Å². The molecule has 1 atom stereocenters. The van der Waals surface area contributed by atoms with E-state index < -0.39 is 0 Å². The number of fused-ring (bicyclic) bond motifs is 2. The summed E-state index contributed by atoms with van der Waals surface area (Å²) in [6, 6.07) is 19.0. The van der Waals surface area contributed by atoms with Crippen LogP contribution >= 0.6 is 11.6 Å². The van der Waals surface area contributed by atoms with Crippen LogP contribution < -0.4 is 10.1 Å². The van der Waals surface area contributed by atoms with Crippen LogP contribution in [0.2, 0.25) is 5.02 Å². The molecule has 0 fully saturated rings. The molecule has 10 heteroatoms.